The second-order valence-corrected chi connectivity index (χ2v) is 7.41. The van der Waals surface area contributed by atoms with E-state index < -0.39 is 0 Å². The quantitative estimate of drug-likeness (QED) is 0.772. The predicted octanol–water partition coefficient (Wildman–Crippen LogP) is 2.19. The molecule has 1 fully saturated rings. The number of aromatic nitrogens is 4. The Hall–Kier alpha value is -1.96. The van der Waals surface area contributed by atoms with E-state index >= 15 is 0 Å². The number of hydrogen-bond donors (Lipinski definition) is 1. The maximum atomic E-state index is 4.43. The summed E-state index contributed by atoms with van der Waals surface area (Å²) in [6.07, 6.45) is 5.69. The Bertz CT molecular complexity index is 767. The van der Waals surface area contributed by atoms with E-state index in [1.54, 1.807) is 6.20 Å². The third kappa shape index (κ3) is 3.43. The molecule has 1 saturated heterocycles. The molecule has 126 valence electrons. The molecule has 4 heterocycles. The second-order valence-electron chi connectivity index (χ2n) is 6.24. The monoisotopic (exact) mass is 342 g/mol. The Morgan fingerprint density at radius 3 is 2.50 bits per heavy atom. The summed E-state index contributed by atoms with van der Waals surface area (Å²) < 4.78 is 2.11. The fourth-order valence-corrected chi connectivity index (χ4v) is 4.10. The van der Waals surface area contributed by atoms with Crippen molar-refractivity contribution >= 4 is 11.3 Å². The van der Waals surface area contributed by atoms with Crippen LogP contribution in [0.1, 0.15) is 10.7 Å². The first-order chi connectivity index (χ1) is 11.8. The zero-order chi connectivity index (χ0) is 16.4. The molecule has 1 aliphatic heterocycles. The van der Waals surface area contributed by atoms with Crippen LogP contribution in [0.25, 0.3) is 10.6 Å². The number of aryl methyl sites for hydroxylation is 1. The van der Waals surface area contributed by atoms with Crippen LogP contribution in [-0.2, 0) is 20.1 Å². The van der Waals surface area contributed by atoms with Crippen molar-refractivity contribution in [1.29, 1.82) is 0 Å². The van der Waals surface area contributed by atoms with Gasteiger partial charge in [0.25, 0.3) is 0 Å². The minimum Gasteiger partial charge on any atom is -0.337 e. The van der Waals surface area contributed by atoms with Crippen LogP contribution >= 0.6 is 11.3 Å². The SMILES string of the molecule is Cn1ccnc1CN1CCN(Cc2ccc(-c3ccn[nH]3)s2)CC1. The van der Waals surface area contributed by atoms with Gasteiger partial charge in [-0.1, -0.05) is 0 Å². The van der Waals surface area contributed by atoms with E-state index in [4.69, 9.17) is 0 Å². The van der Waals surface area contributed by atoms with Gasteiger partial charge in [-0.05, 0) is 18.2 Å². The van der Waals surface area contributed by atoms with Gasteiger partial charge in [0.15, 0.2) is 0 Å². The van der Waals surface area contributed by atoms with Crippen LogP contribution in [0.4, 0.5) is 0 Å². The van der Waals surface area contributed by atoms with Gasteiger partial charge in [-0.25, -0.2) is 4.98 Å². The van der Waals surface area contributed by atoms with Crippen LogP contribution in [0.3, 0.4) is 0 Å². The number of thiophene rings is 1. The zero-order valence-corrected chi connectivity index (χ0v) is 14.7. The largest absolute Gasteiger partial charge is 0.337 e. The zero-order valence-electron chi connectivity index (χ0n) is 13.9. The summed E-state index contributed by atoms with van der Waals surface area (Å²) in [6.45, 7) is 6.41. The molecule has 0 aromatic carbocycles. The highest BCUT2D eigenvalue weighted by atomic mass is 32.1. The van der Waals surface area contributed by atoms with Crippen LogP contribution in [0, 0.1) is 0 Å². The first kappa shape index (κ1) is 15.6. The van der Waals surface area contributed by atoms with Gasteiger partial charge in [-0.3, -0.25) is 14.9 Å². The van der Waals surface area contributed by atoms with E-state index in [0.29, 0.717) is 0 Å². The fourth-order valence-electron chi connectivity index (χ4n) is 3.08. The lowest BCUT2D eigenvalue weighted by Crippen LogP contribution is -2.45. The van der Waals surface area contributed by atoms with E-state index in [9.17, 15) is 0 Å². The topological polar surface area (TPSA) is 53.0 Å². The molecule has 0 aliphatic carbocycles. The molecular weight excluding hydrogens is 320 g/mol. The number of nitrogens with zero attached hydrogens (tertiary/aromatic N) is 5. The minimum absolute atomic E-state index is 0.945. The predicted molar refractivity (Wildman–Crippen MR) is 95.7 cm³/mol. The van der Waals surface area contributed by atoms with Crippen molar-refractivity contribution in [2.75, 3.05) is 26.2 Å². The summed E-state index contributed by atoms with van der Waals surface area (Å²) in [6, 6.07) is 6.44. The van der Waals surface area contributed by atoms with Gasteiger partial charge < -0.3 is 4.57 Å². The molecule has 0 radical (unpaired) electrons. The van der Waals surface area contributed by atoms with Gasteiger partial charge in [0, 0.05) is 63.2 Å². The standard InChI is InChI=1S/C17H22N6S/c1-21-7-6-18-17(21)13-23-10-8-22(9-11-23)12-14-2-3-16(24-14)15-4-5-19-20-15/h2-7H,8-13H2,1H3,(H,19,20). The smallest absolute Gasteiger partial charge is 0.122 e. The molecule has 1 N–H and O–H groups in total. The Balaban J connectivity index is 1.30. The van der Waals surface area contributed by atoms with Crippen molar-refractivity contribution in [3.63, 3.8) is 0 Å². The van der Waals surface area contributed by atoms with Crippen molar-refractivity contribution in [3.05, 3.63) is 47.5 Å². The van der Waals surface area contributed by atoms with Crippen LogP contribution < -0.4 is 0 Å². The summed E-state index contributed by atoms with van der Waals surface area (Å²) >= 11 is 1.85. The van der Waals surface area contributed by atoms with E-state index in [1.165, 1.54) is 9.75 Å². The van der Waals surface area contributed by atoms with Crippen molar-refractivity contribution in [2.24, 2.45) is 7.05 Å². The Morgan fingerprint density at radius 2 is 1.83 bits per heavy atom. The molecule has 0 saturated carbocycles. The van der Waals surface area contributed by atoms with Crippen molar-refractivity contribution in [2.45, 2.75) is 13.1 Å². The maximum Gasteiger partial charge on any atom is 0.122 e. The second kappa shape index (κ2) is 6.88. The first-order valence-electron chi connectivity index (χ1n) is 8.27. The number of imidazole rings is 1. The van der Waals surface area contributed by atoms with Crippen molar-refractivity contribution in [3.8, 4) is 10.6 Å². The molecule has 3 aromatic heterocycles. The number of nitrogens with one attached hydrogen (secondary N) is 1. The molecule has 4 rings (SSSR count). The third-order valence-corrected chi connectivity index (χ3v) is 5.66. The fraction of sp³-hybridized carbons (Fsp3) is 0.412. The Kier molecular flexibility index (Phi) is 4.46. The van der Waals surface area contributed by atoms with Gasteiger partial charge in [0.05, 0.1) is 17.1 Å². The van der Waals surface area contributed by atoms with E-state index in [-0.39, 0.29) is 0 Å². The molecule has 24 heavy (non-hydrogen) atoms. The third-order valence-electron chi connectivity index (χ3n) is 4.56. The van der Waals surface area contributed by atoms with Crippen molar-refractivity contribution < 1.29 is 0 Å². The van der Waals surface area contributed by atoms with Crippen LogP contribution in [0.2, 0.25) is 0 Å². The Labute approximate surface area is 145 Å². The molecule has 1 aliphatic rings. The number of piperazine rings is 1. The van der Waals surface area contributed by atoms with E-state index in [2.05, 4.69) is 48.7 Å². The van der Waals surface area contributed by atoms with Gasteiger partial charge in [-0.15, -0.1) is 11.3 Å². The molecule has 3 aromatic rings. The molecular formula is C17H22N6S. The number of aromatic amines is 1. The van der Waals surface area contributed by atoms with Crippen molar-refractivity contribution in [1.82, 2.24) is 29.5 Å². The van der Waals surface area contributed by atoms with Gasteiger partial charge >= 0.3 is 0 Å². The van der Waals surface area contributed by atoms with Crippen LogP contribution in [0.15, 0.2) is 36.8 Å². The van der Waals surface area contributed by atoms with Gasteiger partial charge in [0.2, 0.25) is 0 Å². The van der Waals surface area contributed by atoms with Crippen LogP contribution in [-0.4, -0.2) is 55.7 Å². The van der Waals surface area contributed by atoms with Gasteiger partial charge in [0.1, 0.15) is 5.82 Å². The summed E-state index contributed by atoms with van der Waals surface area (Å²) in [5, 5.41) is 7.06. The van der Waals surface area contributed by atoms with Crippen LogP contribution in [0.5, 0.6) is 0 Å². The molecule has 0 amide bonds. The average molecular weight is 342 g/mol. The molecule has 0 unspecified atom stereocenters. The van der Waals surface area contributed by atoms with Gasteiger partial charge in [-0.2, -0.15) is 5.10 Å². The molecule has 7 heteroatoms. The molecule has 0 bridgehead atoms. The lowest BCUT2D eigenvalue weighted by molar-refractivity contribution is 0.120. The average Bonchev–Trinajstić information content (AvgIpc) is 3.32. The highest BCUT2D eigenvalue weighted by molar-refractivity contribution is 7.15. The Morgan fingerprint density at radius 1 is 1.04 bits per heavy atom. The maximum absolute atomic E-state index is 4.43. The van der Waals surface area contributed by atoms with E-state index in [0.717, 1.165) is 50.8 Å². The molecule has 0 spiro atoms. The molecule has 6 nitrogen and oxygen atoms in total. The number of H-pyrrole nitrogens is 1. The normalized spacial score (nSPS) is 16.7. The summed E-state index contributed by atoms with van der Waals surface area (Å²) in [4.78, 5) is 12.1. The summed E-state index contributed by atoms with van der Waals surface area (Å²) in [5.74, 6) is 1.14. The highest BCUT2D eigenvalue weighted by Crippen LogP contribution is 2.27. The number of hydrogen-bond acceptors (Lipinski definition) is 5. The molecule has 0 atom stereocenters. The first-order valence-corrected chi connectivity index (χ1v) is 9.09. The summed E-state index contributed by atoms with van der Waals surface area (Å²) in [7, 11) is 2.06. The lowest BCUT2D eigenvalue weighted by Gasteiger charge is -2.34. The highest BCUT2D eigenvalue weighted by Gasteiger charge is 2.19. The number of rotatable bonds is 5. The minimum atomic E-state index is 0.945. The van der Waals surface area contributed by atoms with E-state index in [1.807, 2.05) is 29.8 Å². The summed E-state index contributed by atoms with van der Waals surface area (Å²) in [5.41, 5.74) is 1.10. The lowest BCUT2D eigenvalue weighted by atomic mass is 10.3.